The molecule has 1 fully saturated rings. The zero-order chi connectivity index (χ0) is 10.7. The first-order valence-corrected chi connectivity index (χ1v) is 5.25. The van der Waals surface area contributed by atoms with Crippen LogP contribution in [-0.2, 0) is 11.3 Å². The lowest BCUT2D eigenvalue weighted by molar-refractivity contribution is 0.186. The molecule has 0 aliphatic heterocycles. The van der Waals surface area contributed by atoms with Gasteiger partial charge in [-0.1, -0.05) is 0 Å². The number of rotatable bonds is 5. The van der Waals surface area contributed by atoms with Gasteiger partial charge in [-0.3, -0.25) is 4.79 Å². The lowest BCUT2D eigenvalue weighted by Gasteiger charge is -2.08. The molecular weight excluding hydrogens is 192 g/mol. The van der Waals surface area contributed by atoms with Crippen LogP contribution < -0.4 is 10.9 Å². The lowest BCUT2D eigenvalue weighted by atomic mass is 10.4. The van der Waals surface area contributed by atoms with E-state index in [4.69, 9.17) is 4.74 Å². The quantitative estimate of drug-likeness (QED) is 0.787. The van der Waals surface area contributed by atoms with Crippen LogP contribution in [0.15, 0.2) is 23.1 Å². The molecule has 1 aliphatic carbocycles. The molecule has 1 saturated carbocycles. The van der Waals surface area contributed by atoms with Crippen molar-refractivity contribution < 1.29 is 4.74 Å². The number of hydrogen-bond donors (Lipinski definition) is 1. The van der Waals surface area contributed by atoms with Crippen molar-refractivity contribution in [2.45, 2.75) is 25.4 Å². The maximum absolute atomic E-state index is 11.5. The second-order valence-electron chi connectivity index (χ2n) is 3.86. The van der Waals surface area contributed by atoms with Crippen LogP contribution in [0.25, 0.3) is 0 Å². The normalized spacial score (nSPS) is 15.3. The van der Waals surface area contributed by atoms with Gasteiger partial charge in [0.15, 0.2) is 0 Å². The van der Waals surface area contributed by atoms with Gasteiger partial charge in [0.05, 0.1) is 12.3 Å². The molecule has 82 valence electrons. The molecular formula is C11H16N2O2. The Morgan fingerprint density at radius 2 is 2.33 bits per heavy atom. The molecule has 1 aliphatic rings. The maximum Gasteiger partial charge on any atom is 0.250 e. The van der Waals surface area contributed by atoms with Crippen molar-refractivity contribution in [1.29, 1.82) is 0 Å². The number of anilines is 1. The van der Waals surface area contributed by atoms with Crippen LogP contribution in [0.1, 0.15) is 12.8 Å². The molecule has 0 unspecified atom stereocenters. The molecule has 1 aromatic rings. The van der Waals surface area contributed by atoms with E-state index >= 15 is 0 Å². The number of nitrogens with one attached hydrogen (secondary N) is 1. The molecule has 0 spiro atoms. The molecule has 4 nitrogen and oxygen atoms in total. The van der Waals surface area contributed by atoms with Crippen molar-refractivity contribution in [3.05, 3.63) is 28.7 Å². The van der Waals surface area contributed by atoms with E-state index < -0.39 is 0 Å². The number of pyridine rings is 1. The maximum atomic E-state index is 11.5. The predicted octanol–water partition coefficient (Wildman–Crippen LogP) is 1.07. The summed E-state index contributed by atoms with van der Waals surface area (Å²) in [6.45, 7) is 1.17. The second-order valence-corrected chi connectivity index (χ2v) is 3.86. The summed E-state index contributed by atoms with van der Waals surface area (Å²) >= 11 is 0. The minimum Gasteiger partial charge on any atom is -0.383 e. The fraction of sp³-hybridized carbons (Fsp3) is 0.545. The summed E-state index contributed by atoms with van der Waals surface area (Å²) in [6.07, 6.45) is 4.33. The van der Waals surface area contributed by atoms with Gasteiger partial charge in [-0.25, -0.2) is 0 Å². The first-order valence-electron chi connectivity index (χ1n) is 5.25. The van der Waals surface area contributed by atoms with Gasteiger partial charge in [-0.2, -0.15) is 0 Å². The Kier molecular flexibility index (Phi) is 3.06. The molecule has 0 atom stereocenters. The van der Waals surface area contributed by atoms with Crippen LogP contribution in [0.3, 0.4) is 0 Å². The van der Waals surface area contributed by atoms with Crippen molar-refractivity contribution in [3.8, 4) is 0 Å². The van der Waals surface area contributed by atoms with Gasteiger partial charge in [-0.05, 0) is 18.9 Å². The summed E-state index contributed by atoms with van der Waals surface area (Å²) in [5, 5.41) is 3.36. The first kappa shape index (κ1) is 10.2. The zero-order valence-corrected chi connectivity index (χ0v) is 8.90. The Labute approximate surface area is 88.9 Å². The minimum atomic E-state index is 0.0217. The van der Waals surface area contributed by atoms with Crippen molar-refractivity contribution in [2.24, 2.45) is 0 Å². The van der Waals surface area contributed by atoms with Crippen LogP contribution in [0.4, 0.5) is 5.69 Å². The van der Waals surface area contributed by atoms with Gasteiger partial charge in [0, 0.05) is 32.0 Å². The highest BCUT2D eigenvalue weighted by Gasteiger charge is 2.20. The van der Waals surface area contributed by atoms with E-state index in [1.54, 1.807) is 17.7 Å². The van der Waals surface area contributed by atoms with E-state index in [0.717, 1.165) is 5.69 Å². The number of aromatic nitrogens is 1. The van der Waals surface area contributed by atoms with Crippen LogP contribution in [0, 0.1) is 0 Å². The fourth-order valence-electron chi connectivity index (χ4n) is 1.44. The number of ether oxygens (including phenoxy) is 1. The molecule has 15 heavy (non-hydrogen) atoms. The first-order chi connectivity index (χ1) is 7.29. The molecule has 0 amide bonds. The van der Waals surface area contributed by atoms with Gasteiger partial charge in [0.25, 0.3) is 5.56 Å². The third-order valence-electron chi connectivity index (χ3n) is 2.47. The molecule has 2 rings (SSSR count). The largest absolute Gasteiger partial charge is 0.383 e. The predicted molar refractivity (Wildman–Crippen MR) is 59.2 cm³/mol. The van der Waals surface area contributed by atoms with Crippen molar-refractivity contribution in [3.63, 3.8) is 0 Å². The van der Waals surface area contributed by atoms with E-state index in [0.29, 0.717) is 19.2 Å². The molecule has 1 aromatic heterocycles. The molecule has 1 N–H and O–H groups in total. The average Bonchev–Trinajstić information content (AvgIpc) is 3.03. The van der Waals surface area contributed by atoms with Crippen LogP contribution in [-0.4, -0.2) is 24.3 Å². The van der Waals surface area contributed by atoms with Crippen LogP contribution in [0.2, 0.25) is 0 Å². The smallest absolute Gasteiger partial charge is 0.250 e. The number of nitrogens with zero attached hydrogens (tertiary/aromatic N) is 1. The van der Waals surface area contributed by atoms with Crippen molar-refractivity contribution in [1.82, 2.24) is 4.57 Å². The van der Waals surface area contributed by atoms with E-state index in [2.05, 4.69) is 5.32 Å². The molecule has 1 heterocycles. The monoisotopic (exact) mass is 208 g/mol. The summed E-state index contributed by atoms with van der Waals surface area (Å²) in [6, 6.07) is 4.04. The molecule has 0 radical (unpaired) electrons. The number of methoxy groups -OCH3 is 1. The lowest BCUT2D eigenvalue weighted by Crippen LogP contribution is -2.21. The summed E-state index contributed by atoms with van der Waals surface area (Å²) < 4.78 is 6.63. The second kappa shape index (κ2) is 4.49. The SMILES string of the molecule is COCCn1cc(NC2CC2)ccc1=O. The Balaban J connectivity index is 2.08. The summed E-state index contributed by atoms with van der Waals surface area (Å²) in [5.74, 6) is 0. The fourth-order valence-corrected chi connectivity index (χ4v) is 1.44. The standard InChI is InChI=1S/C11H16N2O2/c1-15-7-6-13-8-10(4-5-11(13)14)12-9-2-3-9/h4-5,8-9,12H,2-3,6-7H2,1H3. The van der Waals surface area contributed by atoms with Gasteiger partial charge >= 0.3 is 0 Å². The van der Waals surface area contributed by atoms with E-state index in [9.17, 15) is 4.79 Å². The van der Waals surface area contributed by atoms with Crippen LogP contribution >= 0.6 is 0 Å². The van der Waals surface area contributed by atoms with Crippen molar-refractivity contribution >= 4 is 5.69 Å². The highest BCUT2D eigenvalue weighted by molar-refractivity contribution is 5.42. The average molecular weight is 208 g/mol. The topological polar surface area (TPSA) is 43.3 Å². The van der Waals surface area contributed by atoms with Crippen LogP contribution in [0.5, 0.6) is 0 Å². The summed E-state index contributed by atoms with van der Waals surface area (Å²) in [4.78, 5) is 11.5. The third kappa shape index (κ3) is 2.83. The Hall–Kier alpha value is -1.29. The van der Waals surface area contributed by atoms with Gasteiger partial charge in [-0.15, -0.1) is 0 Å². The summed E-state index contributed by atoms with van der Waals surface area (Å²) in [5.41, 5.74) is 1.04. The van der Waals surface area contributed by atoms with Gasteiger partial charge < -0.3 is 14.6 Å². The van der Waals surface area contributed by atoms with E-state index in [-0.39, 0.29) is 5.56 Å². The van der Waals surface area contributed by atoms with Gasteiger partial charge in [0.1, 0.15) is 0 Å². The molecule has 0 saturated heterocycles. The third-order valence-corrected chi connectivity index (χ3v) is 2.47. The molecule has 4 heteroatoms. The Morgan fingerprint density at radius 1 is 1.53 bits per heavy atom. The van der Waals surface area contributed by atoms with E-state index in [1.165, 1.54) is 12.8 Å². The van der Waals surface area contributed by atoms with Gasteiger partial charge in [0.2, 0.25) is 0 Å². The zero-order valence-electron chi connectivity index (χ0n) is 8.90. The Morgan fingerprint density at radius 3 is 3.00 bits per heavy atom. The molecule has 0 aromatic carbocycles. The molecule has 0 bridgehead atoms. The summed E-state index contributed by atoms with van der Waals surface area (Å²) in [7, 11) is 1.64. The van der Waals surface area contributed by atoms with Crippen molar-refractivity contribution in [2.75, 3.05) is 19.0 Å². The highest BCUT2D eigenvalue weighted by atomic mass is 16.5. The minimum absolute atomic E-state index is 0.0217. The van der Waals surface area contributed by atoms with E-state index in [1.807, 2.05) is 12.3 Å². The highest BCUT2D eigenvalue weighted by Crippen LogP contribution is 2.23. The Bertz CT molecular complexity index is 382. The number of hydrogen-bond acceptors (Lipinski definition) is 3.